The number of hydrogen-bond donors (Lipinski definition) is 0. The van der Waals surface area contributed by atoms with E-state index in [4.69, 9.17) is 0 Å². The number of aromatic nitrogens is 1. The van der Waals surface area contributed by atoms with Gasteiger partial charge in [-0.3, -0.25) is 9.78 Å². The first-order chi connectivity index (χ1) is 11.1. The Kier molecular flexibility index (Phi) is 4.33. The molecule has 0 amide bonds. The highest BCUT2D eigenvalue weighted by Gasteiger charge is 2.05. The number of hydrogen-bond acceptors (Lipinski definition) is 2. The average Bonchev–Trinajstić information content (AvgIpc) is 2.59. The Morgan fingerprint density at radius 1 is 1.04 bits per heavy atom. The van der Waals surface area contributed by atoms with Crippen LogP contribution in [0.5, 0.6) is 0 Å². The molecule has 0 unspecified atom stereocenters. The second kappa shape index (κ2) is 6.57. The molecule has 3 rings (SSSR count). The van der Waals surface area contributed by atoms with Gasteiger partial charge in [-0.05, 0) is 54.7 Å². The van der Waals surface area contributed by atoms with E-state index in [1.165, 1.54) is 5.56 Å². The van der Waals surface area contributed by atoms with Gasteiger partial charge >= 0.3 is 0 Å². The van der Waals surface area contributed by atoms with Gasteiger partial charge in [-0.1, -0.05) is 43.0 Å². The Morgan fingerprint density at radius 2 is 1.78 bits per heavy atom. The molecule has 2 heteroatoms. The quantitative estimate of drug-likeness (QED) is 0.615. The summed E-state index contributed by atoms with van der Waals surface area (Å²) in [4.78, 5) is 15.9. The zero-order chi connectivity index (χ0) is 16.2. The molecule has 0 atom stereocenters. The van der Waals surface area contributed by atoms with Crippen LogP contribution in [0.4, 0.5) is 0 Å². The number of allylic oxidation sites excluding steroid dienone is 1. The van der Waals surface area contributed by atoms with Gasteiger partial charge < -0.3 is 0 Å². The second-order valence-corrected chi connectivity index (χ2v) is 5.78. The Bertz CT molecular complexity index is 865. The van der Waals surface area contributed by atoms with Crippen LogP contribution in [0.15, 0.2) is 67.4 Å². The third-order valence-electron chi connectivity index (χ3n) is 4.05. The molecule has 114 valence electrons. The SMILES string of the molecule is C=C(CCc1ccccc1)c1ccc2ncc(C(C)=O)cc2c1. The minimum atomic E-state index is 0.0349. The van der Waals surface area contributed by atoms with E-state index in [0.717, 1.165) is 34.9 Å². The highest BCUT2D eigenvalue weighted by atomic mass is 16.1. The standard InChI is InChI=1S/C21H19NO/c1-15(8-9-17-6-4-3-5-7-17)18-10-11-21-19(12-18)13-20(14-22-21)16(2)23/h3-7,10-14H,1,8-9H2,2H3. The van der Waals surface area contributed by atoms with E-state index in [9.17, 15) is 4.79 Å². The summed E-state index contributed by atoms with van der Waals surface area (Å²) in [5.74, 6) is 0.0349. The van der Waals surface area contributed by atoms with Gasteiger partial charge in [0.2, 0.25) is 0 Å². The lowest BCUT2D eigenvalue weighted by Gasteiger charge is -2.08. The van der Waals surface area contributed by atoms with Crippen LogP contribution in [0, 0.1) is 0 Å². The van der Waals surface area contributed by atoms with Gasteiger partial charge in [0.15, 0.2) is 5.78 Å². The first kappa shape index (κ1) is 15.2. The number of nitrogens with zero attached hydrogens (tertiary/aromatic N) is 1. The molecule has 0 spiro atoms. The monoisotopic (exact) mass is 301 g/mol. The fourth-order valence-electron chi connectivity index (χ4n) is 2.63. The molecule has 0 radical (unpaired) electrons. The van der Waals surface area contributed by atoms with Crippen LogP contribution >= 0.6 is 0 Å². The van der Waals surface area contributed by atoms with Gasteiger partial charge in [-0.2, -0.15) is 0 Å². The minimum Gasteiger partial charge on any atom is -0.294 e. The van der Waals surface area contributed by atoms with Crippen molar-refractivity contribution in [1.82, 2.24) is 4.98 Å². The largest absolute Gasteiger partial charge is 0.294 e. The van der Waals surface area contributed by atoms with Gasteiger partial charge in [0.1, 0.15) is 0 Å². The number of ketones is 1. The zero-order valence-electron chi connectivity index (χ0n) is 13.3. The van der Waals surface area contributed by atoms with Crippen molar-refractivity contribution in [2.24, 2.45) is 0 Å². The lowest BCUT2D eigenvalue weighted by molar-refractivity contribution is 0.101. The van der Waals surface area contributed by atoms with Crippen molar-refractivity contribution in [3.05, 3.63) is 84.1 Å². The molecule has 0 aliphatic heterocycles. The smallest absolute Gasteiger partial charge is 0.161 e. The third-order valence-corrected chi connectivity index (χ3v) is 4.05. The van der Waals surface area contributed by atoms with Crippen LogP contribution < -0.4 is 0 Å². The molecule has 0 N–H and O–H groups in total. The van der Waals surface area contributed by atoms with E-state index in [0.29, 0.717) is 5.56 Å². The molecule has 0 fully saturated rings. The van der Waals surface area contributed by atoms with Crippen molar-refractivity contribution in [2.45, 2.75) is 19.8 Å². The maximum atomic E-state index is 11.5. The van der Waals surface area contributed by atoms with Gasteiger partial charge in [0.05, 0.1) is 5.52 Å². The molecule has 2 aromatic carbocycles. The van der Waals surface area contributed by atoms with Gasteiger partial charge in [0.25, 0.3) is 0 Å². The molecule has 0 saturated carbocycles. The van der Waals surface area contributed by atoms with Gasteiger partial charge in [-0.25, -0.2) is 0 Å². The summed E-state index contributed by atoms with van der Waals surface area (Å²) in [5.41, 5.74) is 5.06. The normalized spacial score (nSPS) is 10.7. The fourth-order valence-corrected chi connectivity index (χ4v) is 2.63. The predicted octanol–water partition coefficient (Wildman–Crippen LogP) is 5.08. The molecule has 0 bridgehead atoms. The lowest BCUT2D eigenvalue weighted by atomic mass is 9.98. The van der Waals surface area contributed by atoms with Crippen LogP contribution in [0.3, 0.4) is 0 Å². The Morgan fingerprint density at radius 3 is 2.52 bits per heavy atom. The summed E-state index contributed by atoms with van der Waals surface area (Å²) < 4.78 is 0. The van der Waals surface area contributed by atoms with E-state index >= 15 is 0 Å². The molecule has 23 heavy (non-hydrogen) atoms. The Balaban J connectivity index is 1.81. The number of aryl methyl sites for hydroxylation is 1. The van der Waals surface area contributed by atoms with E-state index < -0.39 is 0 Å². The maximum Gasteiger partial charge on any atom is 0.161 e. The van der Waals surface area contributed by atoms with Crippen molar-refractivity contribution in [3.63, 3.8) is 0 Å². The molecule has 0 aliphatic rings. The number of Topliss-reactive ketones (excluding diaryl/α,β-unsaturated/α-hetero) is 1. The summed E-state index contributed by atoms with van der Waals surface area (Å²) >= 11 is 0. The fraction of sp³-hybridized carbons (Fsp3) is 0.143. The van der Waals surface area contributed by atoms with Crippen molar-refractivity contribution < 1.29 is 4.79 Å². The predicted molar refractivity (Wildman–Crippen MR) is 95.5 cm³/mol. The summed E-state index contributed by atoms with van der Waals surface area (Å²) in [6.45, 7) is 5.78. The summed E-state index contributed by atoms with van der Waals surface area (Å²) in [6.07, 6.45) is 3.52. The first-order valence-electron chi connectivity index (χ1n) is 7.76. The topological polar surface area (TPSA) is 30.0 Å². The average molecular weight is 301 g/mol. The second-order valence-electron chi connectivity index (χ2n) is 5.78. The van der Waals surface area contributed by atoms with Crippen LogP contribution in [-0.2, 0) is 6.42 Å². The van der Waals surface area contributed by atoms with Crippen molar-refractivity contribution in [3.8, 4) is 0 Å². The Hall–Kier alpha value is -2.74. The highest BCUT2D eigenvalue weighted by molar-refractivity contribution is 5.97. The number of carbonyl (C=O) groups excluding carboxylic acids is 1. The van der Waals surface area contributed by atoms with Crippen LogP contribution in [0.2, 0.25) is 0 Å². The van der Waals surface area contributed by atoms with Gasteiger partial charge in [-0.15, -0.1) is 0 Å². The molecule has 0 saturated heterocycles. The van der Waals surface area contributed by atoms with Crippen LogP contribution in [0.1, 0.15) is 34.8 Å². The molecule has 3 aromatic rings. The molecule has 1 heterocycles. The third kappa shape index (κ3) is 3.54. The highest BCUT2D eigenvalue weighted by Crippen LogP contribution is 2.23. The van der Waals surface area contributed by atoms with Crippen molar-refractivity contribution in [1.29, 1.82) is 0 Å². The van der Waals surface area contributed by atoms with E-state index in [1.807, 2.05) is 18.2 Å². The molecular weight excluding hydrogens is 282 g/mol. The van der Waals surface area contributed by atoms with E-state index in [1.54, 1.807) is 13.1 Å². The minimum absolute atomic E-state index is 0.0349. The molecule has 0 aliphatic carbocycles. The summed E-state index contributed by atoms with van der Waals surface area (Å²) in [7, 11) is 0. The van der Waals surface area contributed by atoms with Crippen LogP contribution in [-0.4, -0.2) is 10.8 Å². The molecular formula is C21H19NO. The van der Waals surface area contributed by atoms with Crippen molar-refractivity contribution >= 4 is 22.3 Å². The lowest BCUT2D eigenvalue weighted by Crippen LogP contribution is -1.94. The number of rotatable bonds is 5. The van der Waals surface area contributed by atoms with Crippen LogP contribution in [0.25, 0.3) is 16.5 Å². The van der Waals surface area contributed by atoms with Gasteiger partial charge in [0, 0.05) is 17.1 Å². The van der Waals surface area contributed by atoms with Crippen molar-refractivity contribution in [2.75, 3.05) is 0 Å². The zero-order valence-corrected chi connectivity index (χ0v) is 13.3. The van der Waals surface area contributed by atoms with E-state index in [-0.39, 0.29) is 5.78 Å². The number of pyridine rings is 1. The number of fused-ring (bicyclic) bond motifs is 1. The number of carbonyl (C=O) groups is 1. The summed E-state index contributed by atoms with van der Waals surface area (Å²) in [5, 5.41) is 0.982. The Labute approximate surface area is 136 Å². The number of benzene rings is 2. The first-order valence-corrected chi connectivity index (χ1v) is 7.76. The molecule has 2 nitrogen and oxygen atoms in total. The van der Waals surface area contributed by atoms with E-state index in [2.05, 4.69) is 48.0 Å². The summed E-state index contributed by atoms with van der Waals surface area (Å²) in [6, 6.07) is 18.4. The maximum absolute atomic E-state index is 11.5. The molecule has 1 aromatic heterocycles.